The molecule has 120 valence electrons. The molecular formula is C14H11N7O2S. The first-order valence-electron chi connectivity index (χ1n) is 6.95. The number of benzene rings is 1. The second kappa shape index (κ2) is 5.74. The van der Waals surface area contributed by atoms with Gasteiger partial charge in [-0.1, -0.05) is 11.3 Å². The monoisotopic (exact) mass is 341 g/mol. The molecule has 0 aliphatic rings. The average Bonchev–Trinajstić information content (AvgIpc) is 3.26. The van der Waals surface area contributed by atoms with Crippen molar-refractivity contribution >= 4 is 39.0 Å². The number of H-pyrrole nitrogens is 1. The predicted molar refractivity (Wildman–Crippen MR) is 88.1 cm³/mol. The maximum absolute atomic E-state index is 10.7. The Morgan fingerprint density at radius 2 is 2.29 bits per heavy atom. The fraction of sp³-hybridized carbons (Fsp3) is 0.0714. The second-order valence-electron chi connectivity index (χ2n) is 5.03. The van der Waals surface area contributed by atoms with Gasteiger partial charge in [0, 0.05) is 17.3 Å². The lowest BCUT2D eigenvalue weighted by Gasteiger charge is -2.00. The molecule has 3 aromatic heterocycles. The molecule has 0 atom stereocenters. The van der Waals surface area contributed by atoms with Gasteiger partial charge in [-0.25, -0.2) is 4.98 Å². The normalized spacial score (nSPS) is 11.0. The van der Waals surface area contributed by atoms with Crippen LogP contribution in [-0.2, 0) is 11.3 Å². The van der Waals surface area contributed by atoms with Gasteiger partial charge in [0.2, 0.25) is 5.13 Å². The van der Waals surface area contributed by atoms with E-state index in [9.17, 15) is 4.79 Å². The molecule has 4 rings (SSSR count). The van der Waals surface area contributed by atoms with E-state index >= 15 is 0 Å². The van der Waals surface area contributed by atoms with E-state index in [4.69, 9.17) is 5.11 Å². The van der Waals surface area contributed by atoms with Crippen molar-refractivity contribution in [1.29, 1.82) is 0 Å². The summed E-state index contributed by atoms with van der Waals surface area (Å²) in [5.41, 5.74) is 2.43. The Balaban J connectivity index is 1.53. The van der Waals surface area contributed by atoms with Crippen LogP contribution in [0.4, 0.5) is 10.8 Å². The molecule has 24 heavy (non-hydrogen) atoms. The van der Waals surface area contributed by atoms with Gasteiger partial charge in [0.15, 0.2) is 5.01 Å². The SMILES string of the molecule is O=C(O)Cn1cnc(-c2nnc(Nc3ccc4[nH]ncc4c3)s2)c1. The Morgan fingerprint density at radius 3 is 3.17 bits per heavy atom. The topological polar surface area (TPSA) is 122 Å². The zero-order valence-electron chi connectivity index (χ0n) is 12.2. The van der Waals surface area contributed by atoms with Crippen LogP contribution < -0.4 is 5.32 Å². The molecule has 9 nitrogen and oxygen atoms in total. The zero-order chi connectivity index (χ0) is 16.5. The van der Waals surface area contributed by atoms with Crippen LogP contribution in [0.5, 0.6) is 0 Å². The van der Waals surface area contributed by atoms with Gasteiger partial charge >= 0.3 is 5.97 Å². The minimum Gasteiger partial charge on any atom is -0.480 e. The van der Waals surface area contributed by atoms with Gasteiger partial charge in [0.1, 0.15) is 12.2 Å². The van der Waals surface area contributed by atoms with Crippen LogP contribution in [0, 0.1) is 0 Å². The smallest absolute Gasteiger partial charge is 0.323 e. The van der Waals surface area contributed by atoms with Gasteiger partial charge in [-0.05, 0) is 18.2 Å². The van der Waals surface area contributed by atoms with Crippen molar-refractivity contribution < 1.29 is 9.90 Å². The molecule has 1 aromatic carbocycles. The number of carboxylic acids is 1. The molecule has 0 unspecified atom stereocenters. The van der Waals surface area contributed by atoms with E-state index in [1.807, 2.05) is 18.2 Å². The summed E-state index contributed by atoms with van der Waals surface area (Å²) in [5.74, 6) is -0.923. The number of hydrogen-bond acceptors (Lipinski definition) is 7. The lowest BCUT2D eigenvalue weighted by atomic mass is 10.2. The van der Waals surface area contributed by atoms with E-state index in [1.54, 1.807) is 12.4 Å². The van der Waals surface area contributed by atoms with E-state index in [-0.39, 0.29) is 6.54 Å². The summed E-state index contributed by atoms with van der Waals surface area (Å²) in [6.07, 6.45) is 4.85. The third-order valence-corrected chi connectivity index (χ3v) is 4.15. The van der Waals surface area contributed by atoms with Crippen LogP contribution in [-0.4, -0.2) is 41.0 Å². The first-order valence-corrected chi connectivity index (χ1v) is 7.76. The van der Waals surface area contributed by atoms with Crippen molar-refractivity contribution in [2.75, 3.05) is 5.32 Å². The average molecular weight is 341 g/mol. The molecule has 3 N–H and O–H groups in total. The highest BCUT2D eigenvalue weighted by molar-refractivity contribution is 7.18. The van der Waals surface area contributed by atoms with Crippen LogP contribution in [0.15, 0.2) is 36.9 Å². The van der Waals surface area contributed by atoms with Crippen LogP contribution in [0.3, 0.4) is 0 Å². The largest absolute Gasteiger partial charge is 0.480 e. The van der Waals surface area contributed by atoms with Crippen molar-refractivity contribution in [2.45, 2.75) is 6.54 Å². The number of anilines is 2. The fourth-order valence-electron chi connectivity index (χ4n) is 2.23. The molecule has 4 aromatic rings. The lowest BCUT2D eigenvalue weighted by molar-refractivity contribution is -0.137. The van der Waals surface area contributed by atoms with E-state index in [1.165, 1.54) is 22.2 Å². The highest BCUT2D eigenvalue weighted by Gasteiger charge is 2.11. The molecule has 0 saturated heterocycles. The highest BCUT2D eigenvalue weighted by atomic mass is 32.1. The van der Waals surface area contributed by atoms with Crippen molar-refractivity contribution in [2.24, 2.45) is 0 Å². The Morgan fingerprint density at radius 1 is 1.38 bits per heavy atom. The van der Waals surface area contributed by atoms with Crippen molar-refractivity contribution in [1.82, 2.24) is 29.9 Å². The highest BCUT2D eigenvalue weighted by Crippen LogP contribution is 2.28. The quantitative estimate of drug-likeness (QED) is 0.508. The molecular weight excluding hydrogens is 330 g/mol. The number of aromatic nitrogens is 6. The summed E-state index contributed by atoms with van der Waals surface area (Å²) in [5, 5.41) is 29.3. The molecule has 0 aliphatic heterocycles. The summed E-state index contributed by atoms with van der Waals surface area (Å²) in [4.78, 5) is 14.9. The summed E-state index contributed by atoms with van der Waals surface area (Å²) >= 11 is 1.34. The van der Waals surface area contributed by atoms with Gasteiger partial charge in [-0.15, -0.1) is 10.2 Å². The maximum atomic E-state index is 10.7. The Bertz CT molecular complexity index is 1020. The molecule has 10 heteroatoms. The number of carbonyl (C=O) groups is 1. The molecule has 0 saturated carbocycles. The summed E-state index contributed by atoms with van der Waals surface area (Å²) in [6.45, 7) is -0.137. The number of hydrogen-bond donors (Lipinski definition) is 3. The molecule has 0 amide bonds. The van der Waals surface area contributed by atoms with E-state index in [2.05, 4.69) is 30.7 Å². The molecule has 0 fully saturated rings. The standard InChI is InChI=1S/C14H11N7O2S/c22-12(23)6-21-5-11(15-7-21)13-19-20-14(24-13)17-9-1-2-10-8(3-9)4-16-18-10/h1-5,7H,6H2,(H,16,18)(H,17,20)(H,22,23). The Hall–Kier alpha value is -3.27. The summed E-state index contributed by atoms with van der Waals surface area (Å²) in [7, 11) is 0. The first-order chi connectivity index (χ1) is 11.7. The second-order valence-corrected chi connectivity index (χ2v) is 6.01. The zero-order valence-corrected chi connectivity index (χ0v) is 13.0. The predicted octanol–water partition coefficient (Wildman–Crippen LogP) is 2.11. The van der Waals surface area contributed by atoms with E-state index in [0.717, 1.165) is 16.6 Å². The number of imidazole rings is 1. The van der Waals surface area contributed by atoms with Gasteiger partial charge < -0.3 is 15.0 Å². The van der Waals surface area contributed by atoms with Gasteiger partial charge in [0.05, 0.1) is 18.0 Å². The molecule has 0 aliphatic carbocycles. The number of fused-ring (bicyclic) bond motifs is 1. The van der Waals surface area contributed by atoms with Crippen LogP contribution >= 0.6 is 11.3 Å². The number of carboxylic acid groups (broad SMARTS) is 1. The van der Waals surface area contributed by atoms with E-state index in [0.29, 0.717) is 15.8 Å². The third-order valence-electron chi connectivity index (χ3n) is 3.29. The molecule has 3 heterocycles. The minimum atomic E-state index is -0.923. The van der Waals surface area contributed by atoms with Crippen molar-refractivity contribution in [3.05, 3.63) is 36.9 Å². The Labute approximate surface area is 139 Å². The van der Waals surface area contributed by atoms with Crippen LogP contribution in [0.25, 0.3) is 21.6 Å². The van der Waals surface area contributed by atoms with Crippen molar-refractivity contribution in [3.8, 4) is 10.7 Å². The maximum Gasteiger partial charge on any atom is 0.323 e. The molecule has 0 bridgehead atoms. The molecule has 0 radical (unpaired) electrons. The number of aliphatic carboxylic acids is 1. The lowest BCUT2D eigenvalue weighted by Crippen LogP contribution is -2.06. The molecule has 0 spiro atoms. The van der Waals surface area contributed by atoms with Crippen LogP contribution in [0.1, 0.15) is 0 Å². The number of rotatable bonds is 5. The van der Waals surface area contributed by atoms with E-state index < -0.39 is 5.97 Å². The van der Waals surface area contributed by atoms with Gasteiger partial charge in [0.25, 0.3) is 0 Å². The minimum absolute atomic E-state index is 0.137. The first kappa shape index (κ1) is 14.3. The van der Waals surface area contributed by atoms with Gasteiger partial charge in [-0.3, -0.25) is 9.89 Å². The Kier molecular flexibility index (Phi) is 3.43. The number of nitrogens with zero attached hydrogens (tertiary/aromatic N) is 5. The third kappa shape index (κ3) is 2.82. The van der Waals surface area contributed by atoms with Crippen LogP contribution in [0.2, 0.25) is 0 Å². The van der Waals surface area contributed by atoms with Crippen molar-refractivity contribution in [3.63, 3.8) is 0 Å². The number of aromatic amines is 1. The number of nitrogens with one attached hydrogen (secondary N) is 2. The summed E-state index contributed by atoms with van der Waals surface area (Å²) in [6, 6.07) is 5.81. The van der Waals surface area contributed by atoms with Gasteiger partial charge in [-0.2, -0.15) is 5.10 Å². The summed E-state index contributed by atoms with van der Waals surface area (Å²) < 4.78 is 1.49. The fourth-order valence-corrected chi connectivity index (χ4v) is 2.96.